The van der Waals surface area contributed by atoms with E-state index in [2.05, 4.69) is 4.74 Å². The largest absolute Gasteiger partial charge is 0.829 e. The normalized spacial score (nSPS) is 53.5. The summed E-state index contributed by atoms with van der Waals surface area (Å²) >= 11 is 0. The second-order valence-corrected chi connectivity index (χ2v) is 5.49. The number of rotatable bonds is 3. The minimum Gasteiger partial charge on any atom is -0.829 e. The fourth-order valence-electron chi connectivity index (χ4n) is 2.49. The molecule has 10 nitrogen and oxygen atoms in total. The second-order valence-electron chi connectivity index (χ2n) is 5.49. The Kier molecular flexibility index (Phi) is 5.72. The van der Waals surface area contributed by atoms with Crippen molar-refractivity contribution in [2.24, 2.45) is 0 Å². The van der Waals surface area contributed by atoms with E-state index in [9.17, 15) is 30.6 Å². The van der Waals surface area contributed by atoms with Crippen LogP contribution in [0.5, 0.6) is 0 Å². The van der Waals surface area contributed by atoms with Crippen molar-refractivity contribution >= 4 is 0 Å². The summed E-state index contributed by atoms with van der Waals surface area (Å²) in [6.07, 6.45) is -14.9. The predicted molar refractivity (Wildman–Crippen MR) is 65.0 cm³/mol. The predicted octanol–water partition coefficient (Wildman–Crippen LogP) is -5.00. The number of ether oxygens (including phenoxy) is 3. The Morgan fingerprint density at radius 3 is 2.14 bits per heavy atom. The van der Waals surface area contributed by atoms with Crippen LogP contribution in [0.15, 0.2) is 0 Å². The number of aliphatic hydroxyl groups excluding tert-OH is 6. The minimum absolute atomic E-state index is 0.668. The van der Waals surface area contributed by atoms with Crippen molar-refractivity contribution in [3.05, 3.63) is 0 Å². The highest BCUT2D eigenvalue weighted by Crippen LogP contribution is 2.27. The molecule has 2 heterocycles. The van der Waals surface area contributed by atoms with Crippen LogP contribution in [0.25, 0.3) is 0 Å². The van der Waals surface area contributed by atoms with Crippen LogP contribution < -0.4 is 5.11 Å². The van der Waals surface area contributed by atoms with Crippen LogP contribution in [0.4, 0.5) is 0 Å². The highest BCUT2D eigenvalue weighted by atomic mass is 16.7. The molecule has 0 bridgehead atoms. The molecule has 0 aliphatic carbocycles. The monoisotopic (exact) mass is 325 g/mol. The van der Waals surface area contributed by atoms with Gasteiger partial charge in [0.1, 0.15) is 36.6 Å². The van der Waals surface area contributed by atoms with Crippen molar-refractivity contribution in [1.82, 2.24) is 0 Å². The molecule has 0 aromatic rings. The molecule has 0 spiro atoms. The lowest BCUT2D eigenvalue weighted by molar-refractivity contribution is -0.535. The van der Waals surface area contributed by atoms with Gasteiger partial charge in [0.2, 0.25) is 0 Å². The van der Waals surface area contributed by atoms with Gasteiger partial charge in [0.15, 0.2) is 6.29 Å². The first-order valence-corrected chi connectivity index (χ1v) is 6.91. The zero-order valence-electron chi connectivity index (χ0n) is 11.8. The summed E-state index contributed by atoms with van der Waals surface area (Å²) < 4.78 is 15.1. The van der Waals surface area contributed by atoms with Crippen LogP contribution in [0.2, 0.25) is 0 Å². The van der Waals surface area contributed by atoms with E-state index in [0.29, 0.717) is 0 Å². The second kappa shape index (κ2) is 7.01. The third kappa shape index (κ3) is 3.26. The Balaban J connectivity index is 2.10. The molecular formula is C12H21O10-. The Morgan fingerprint density at radius 2 is 1.55 bits per heavy atom. The first-order chi connectivity index (χ1) is 10.3. The molecule has 0 amide bonds. The first-order valence-electron chi connectivity index (χ1n) is 6.91. The van der Waals surface area contributed by atoms with Gasteiger partial charge in [-0.2, -0.15) is 0 Å². The molecule has 0 aromatic carbocycles. The standard InChI is InChI=1S/C12H21O10/c1-3-5(14)7(16)8(17)12(20-3)22-10-6(15)4(2-13)21-11(19)9(10)18/h3-18H,2H2,1H3/q-1/t3-,4+,5+,6+,7+,8-,9+,10-,11-,12+/m0/s1. The van der Waals surface area contributed by atoms with Gasteiger partial charge in [-0.15, -0.1) is 0 Å². The molecular weight excluding hydrogens is 304 g/mol. The van der Waals surface area contributed by atoms with E-state index in [1.807, 2.05) is 0 Å². The molecule has 10 heteroatoms. The number of hydrogen-bond donors (Lipinski definition) is 6. The fourth-order valence-corrected chi connectivity index (χ4v) is 2.49. The smallest absolute Gasteiger partial charge is 0.187 e. The topological polar surface area (TPSA) is 172 Å². The SMILES string of the molecule is C[C@@H]1O[C@H](O[C@@H]2[C@@H](O)[C@@H]([O-])O[C@H](CO)[C@H]2O)[C@@H](O)[C@H](O)[C@@H]1O. The van der Waals surface area contributed by atoms with E-state index in [1.54, 1.807) is 0 Å². The van der Waals surface area contributed by atoms with E-state index in [0.717, 1.165) is 0 Å². The zero-order valence-corrected chi connectivity index (χ0v) is 11.8. The molecule has 22 heavy (non-hydrogen) atoms. The lowest BCUT2D eigenvalue weighted by atomic mass is 9.97. The van der Waals surface area contributed by atoms with Crippen LogP contribution in [0.3, 0.4) is 0 Å². The Labute approximate surface area is 126 Å². The molecule has 10 atom stereocenters. The molecule has 2 rings (SSSR count). The van der Waals surface area contributed by atoms with E-state index in [4.69, 9.17) is 14.6 Å². The molecule has 2 fully saturated rings. The van der Waals surface area contributed by atoms with Gasteiger partial charge in [-0.3, -0.25) is 0 Å². The van der Waals surface area contributed by atoms with Gasteiger partial charge >= 0.3 is 0 Å². The molecule has 0 unspecified atom stereocenters. The van der Waals surface area contributed by atoms with Gasteiger partial charge in [-0.25, -0.2) is 0 Å². The van der Waals surface area contributed by atoms with Gasteiger partial charge in [0.25, 0.3) is 0 Å². The minimum atomic E-state index is -1.96. The summed E-state index contributed by atoms with van der Waals surface area (Å²) in [4.78, 5) is 0. The van der Waals surface area contributed by atoms with Crippen LogP contribution in [-0.2, 0) is 14.2 Å². The van der Waals surface area contributed by atoms with Crippen molar-refractivity contribution in [3.8, 4) is 0 Å². The van der Waals surface area contributed by atoms with Crippen molar-refractivity contribution in [2.75, 3.05) is 6.61 Å². The summed E-state index contributed by atoms with van der Waals surface area (Å²) in [5.74, 6) is 0. The van der Waals surface area contributed by atoms with Crippen LogP contribution in [-0.4, -0.2) is 98.7 Å². The van der Waals surface area contributed by atoms with Gasteiger partial charge in [-0.1, -0.05) is 0 Å². The lowest BCUT2D eigenvalue weighted by Gasteiger charge is -2.47. The summed E-state index contributed by atoms with van der Waals surface area (Å²) in [5.41, 5.74) is 0. The van der Waals surface area contributed by atoms with E-state index >= 15 is 0 Å². The maximum Gasteiger partial charge on any atom is 0.187 e. The molecule has 2 aliphatic heterocycles. The molecule has 0 radical (unpaired) electrons. The van der Waals surface area contributed by atoms with Crippen LogP contribution in [0.1, 0.15) is 6.92 Å². The summed E-state index contributed by atoms with van der Waals surface area (Å²) in [7, 11) is 0. The van der Waals surface area contributed by atoms with Crippen molar-refractivity contribution in [1.29, 1.82) is 0 Å². The molecule has 130 valence electrons. The van der Waals surface area contributed by atoms with Gasteiger partial charge < -0.3 is 50.0 Å². The number of hydrogen-bond acceptors (Lipinski definition) is 10. The fraction of sp³-hybridized carbons (Fsp3) is 1.00. The van der Waals surface area contributed by atoms with Crippen molar-refractivity contribution < 1.29 is 50.0 Å². The maximum atomic E-state index is 11.5. The van der Waals surface area contributed by atoms with Crippen LogP contribution in [0, 0.1) is 0 Å². The van der Waals surface area contributed by atoms with Crippen molar-refractivity contribution in [3.63, 3.8) is 0 Å². The Morgan fingerprint density at radius 1 is 0.909 bits per heavy atom. The number of aliphatic hydroxyl groups is 6. The highest BCUT2D eigenvalue weighted by Gasteiger charge is 2.47. The zero-order chi connectivity index (χ0) is 16.6. The lowest BCUT2D eigenvalue weighted by Crippen LogP contribution is -2.66. The van der Waals surface area contributed by atoms with Gasteiger partial charge in [0, 0.05) is 6.29 Å². The summed E-state index contributed by atoms with van der Waals surface area (Å²) in [5, 5.41) is 69.4. The van der Waals surface area contributed by atoms with Gasteiger partial charge in [0.05, 0.1) is 18.8 Å². The van der Waals surface area contributed by atoms with E-state index in [1.165, 1.54) is 6.92 Å². The molecule has 6 N–H and O–H groups in total. The Hall–Kier alpha value is -0.400. The van der Waals surface area contributed by atoms with Crippen LogP contribution >= 0.6 is 0 Å². The third-order valence-electron chi connectivity index (χ3n) is 3.92. The average molecular weight is 325 g/mol. The molecule has 0 aromatic heterocycles. The summed E-state index contributed by atoms with van der Waals surface area (Å²) in [6.45, 7) is 0.762. The summed E-state index contributed by atoms with van der Waals surface area (Å²) in [6, 6.07) is 0. The van der Waals surface area contributed by atoms with Crippen molar-refractivity contribution in [2.45, 2.75) is 68.3 Å². The Bertz CT molecular complexity index is 368. The average Bonchev–Trinajstić information content (AvgIpc) is 2.50. The maximum absolute atomic E-state index is 11.5. The third-order valence-corrected chi connectivity index (χ3v) is 3.92. The molecule has 2 saturated heterocycles. The van der Waals surface area contributed by atoms with E-state index < -0.39 is 68.0 Å². The molecule has 2 aliphatic rings. The highest BCUT2D eigenvalue weighted by molar-refractivity contribution is 4.92. The van der Waals surface area contributed by atoms with E-state index in [-0.39, 0.29) is 0 Å². The first kappa shape index (κ1) is 17.9. The van der Waals surface area contributed by atoms with Gasteiger partial charge in [-0.05, 0) is 6.92 Å². The quantitative estimate of drug-likeness (QED) is 0.295. The molecule has 0 saturated carbocycles.